The van der Waals surface area contributed by atoms with Crippen molar-refractivity contribution in [3.63, 3.8) is 0 Å². The van der Waals surface area contributed by atoms with Crippen LogP contribution in [-0.2, 0) is 4.74 Å². The highest BCUT2D eigenvalue weighted by Crippen LogP contribution is 2.35. The molecule has 0 aliphatic carbocycles. The van der Waals surface area contributed by atoms with Gasteiger partial charge in [-0.2, -0.15) is 0 Å². The van der Waals surface area contributed by atoms with Gasteiger partial charge in [0.1, 0.15) is 0 Å². The smallest absolute Gasteiger partial charge is 0.0590 e. The van der Waals surface area contributed by atoms with Gasteiger partial charge in [0.15, 0.2) is 0 Å². The molecule has 2 saturated heterocycles. The molecule has 0 aromatic rings. The lowest BCUT2D eigenvalue weighted by Crippen LogP contribution is -2.60. The highest BCUT2D eigenvalue weighted by Gasteiger charge is 2.41. The largest absolute Gasteiger partial charge is 0.378 e. The fraction of sp³-hybridized carbons (Fsp3) is 1.00. The highest BCUT2D eigenvalue weighted by molar-refractivity contribution is 4.97. The molecule has 3 unspecified atom stereocenters. The van der Waals surface area contributed by atoms with Gasteiger partial charge < -0.3 is 10.5 Å². The van der Waals surface area contributed by atoms with Gasteiger partial charge in [-0.1, -0.05) is 20.3 Å². The van der Waals surface area contributed by atoms with Gasteiger partial charge in [0.25, 0.3) is 0 Å². The normalized spacial score (nSPS) is 38.8. The molecule has 0 bridgehead atoms. The van der Waals surface area contributed by atoms with E-state index in [9.17, 15) is 0 Å². The maximum absolute atomic E-state index is 6.18. The SMILES string of the molecule is CCC1CCCN(C2(CN)CCOC(CC)C2)C1. The van der Waals surface area contributed by atoms with E-state index < -0.39 is 0 Å². The Morgan fingerprint density at radius 1 is 1.33 bits per heavy atom. The Hall–Kier alpha value is -0.120. The molecule has 3 heteroatoms. The number of hydrogen-bond donors (Lipinski definition) is 1. The van der Waals surface area contributed by atoms with Gasteiger partial charge in [-0.05, 0) is 44.6 Å². The minimum Gasteiger partial charge on any atom is -0.378 e. The molecule has 3 atom stereocenters. The number of hydrogen-bond acceptors (Lipinski definition) is 3. The summed E-state index contributed by atoms with van der Waals surface area (Å²) in [5, 5.41) is 0. The molecule has 0 spiro atoms. The predicted molar refractivity (Wildman–Crippen MR) is 75.6 cm³/mol. The molecular weight excluding hydrogens is 224 g/mol. The Morgan fingerprint density at radius 2 is 2.17 bits per heavy atom. The maximum atomic E-state index is 6.18. The minimum atomic E-state index is 0.229. The third-order valence-corrected chi connectivity index (χ3v) is 5.13. The lowest BCUT2D eigenvalue weighted by molar-refractivity contribution is -0.0822. The molecule has 106 valence electrons. The van der Waals surface area contributed by atoms with Crippen LogP contribution in [0.5, 0.6) is 0 Å². The molecule has 2 heterocycles. The Bertz CT molecular complexity index is 259. The first-order valence-electron chi connectivity index (χ1n) is 7.80. The van der Waals surface area contributed by atoms with E-state index in [1.807, 2.05) is 0 Å². The summed E-state index contributed by atoms with van der Waals surface area (Å²) < 4.78 is 5.85. The van der Waals surface area contributed by atoms with E-state index in [-0.39, 0.29) is 5.54 Å². The zero-order valence-electron chi connectivity index (χ0n) is 12.2. The van der Waals surface area contributed by atoms with Crippen LogP contribution in [0.2, 0.25) is 0 Å². The molecule has 0 aromatic heterocycles. The minimum absolute atomic E-state index is 0.229. The van der Waals surface area contributed by atoms with E-state index in [0.717, 1.165) is 38.3 Å². The molecule has 0 amide bonds. The van der Waals surface area contributed by atoms with Crippen molar-refractivity contribution in [1.82, 2.24) is 4.90 Å². The van der Waals surface area contributed by atoms with Crippen LogP contribution in [0.15, 0.2) is 0 Å². The van der Waals surface area contributed by atoms with Gasteiger partial charge in [-0.3, -0.25) is 4.90 Å². The number of nitrogens with two attached hydrogens (primary N) is 1. The van der Waals surface area contributed by atoms with Crippen LogP contribution in [0, 0.1) is 5.92 Å². The van der Waals surface area contributed by atoms with E-state index >= 15 is 0 Å². The Kier molecular flexibility index (Phi) is 5.05. The number of likely N-dealkylation sites (tertiary alicyclic amines) is 1. The van der Waals surface area contributed by atoms with Gasteiger partial charge >= 0.3 is 0 Å². The van der Waals surface area contributed by atoms with Crippen molar-refractivity contribution in [2.75, 3.05) is 26.2 Å². The monoisotopic (exact) mass is 254 g/mol. The number of nitrogens with zero attached hydrogens (tertiary/aromatic N) is 1. The molecule has 2 rings (SSSR count). The summed E-state index contributed by atoms with van der Waals surface area (Å²) in [6.45, 7) is 8.73. The van der Waals surface area contributed by atoms with Crippen molar-refractivity contribution in [1.29, 1.82) is 0 Å². The van der Waals surface area contributed by atoms with Crippen molar-refractivity contribution >= 4 is 0 Å². The summed E-state index contributed by atoms with van der Waals surface area (Å²) in [7, 11) is 0. The lowest BCUT2D eigenvalue weighted by Gasteiger charge is -2.50. The van der Waals surface area contributed by atoms with E-state index in [1.54, 1.807) is 0 Å². The van der Waals surface area contributed by atoms with Crippen LogP contribution in [0.3, 0.4) is 0 Å². The van der Waals surface area contributed by atoms with Gasteiger partial charge in [-0.25, -0.2) is 0 Å². The molecule has 0 saturated carbocycles. The molecule has 2 aliphatic heterocycles. The second kappa shape index (κ2) is 6.36. The molecule has 2 aliphatic rings. The summed E-state index contributed by atoms with van der Waals surface area (Å²) in [5.41, 5.74) is 6.40. The van der Waals surface area contributed by atoms with Gasteiger partial charge in [-0.15, -0.1) is 0 Å². The van der Waals surface area contributed by atoms with Crippen LogP contribution >= 0.6 is 0 Å². The van der Waals surface area contributed by atoms with Gasteiger partial charge in [0, 0.05) is 25.2 Å². The maximum Gasteiger partial charge on any atom is 0.0590 e. The molecule has 2 N–H and O–H groups in total. The molecule has 0 radical (unpaired) electrons. The first-order valence-corrected chi connectivity index (χ1v) is 7.80. The standard InChI is InChI=1S/C15H30N2O/c1-3-13-6-5-8-17(11-13)15(12-16)7-9-18-14(4-2)10-15/h13-14H,3-12,16H2,1-2H3. The van der Waals surface area contributed by atoms with Gasteiger partial charge in [0.05, 0.1) is 6.10 Å². The summed E-state index contributed by atoms with van der Waals surface area (Å²) >= 11 is 0. The summed E-state index contributed by atoms with van der Waals surface area (Å²) in [4.78, 5) is 2.70. The van der Waals surface area contributed by atoms with Crippen LogP contribution in [0.25, 0.3) is 0 Å². The predicted octanol–water partition coefficient (Wildman–Crippen LogP) is 2.39. The molecular formula is C15H30N2O. The second-order valence-electron chi connectivity index (χ2n) is 6.15. The van der Waals surface area contributed by atoms with Crippen LogP contribution < -0.4 is 5.73 Å². The zero-order valence-corrected chi connectivity index (χ0v) is 12.2. The van der Waals surface area contributed by atoms with E-state index in [0.29, 0.717) is 6.10 Å². The summed E-state index contributed by atoms with van der Waals surface area (Å²) in [6.07, 6.45) is 7.85. The van der Waals surface area contributed by atoms with Crippen LogP contribution in [-0.4, -0.2) is 42.8 Å². The highest BCUT2D eigenvalue weighted by atomic mass is 16.5. The fourth-order valence-electron chi connectivity index (χ4n) is 3.69. The van der Waals surface area contributed by atoms with E-state index in [2.05, 4.69) is 18.7 Å². The topological polar surface area (TPSA) is 38.5 Å². The second-order valence-corrected chi connectivity index (χ2v) is 6.15. The van der Waals surface area contributed by atoms with Crippen LogP contribution in [0.1, 0.15) is 52.4 Å². The Labute approximate surface area is 112 Å². The van der Waals surface area contributed by atoms with Crippen molar-refractivity contribution in [2.45, 2.75) is 64.0 Å². The number of ether oxygens (including phenoxy) is 1. The molecule has 3 nitrogen and oxygen atoms in total. The molecule has 18 heavy (non-hydrogen) atoms. The van der Waals surface area contributed by atoms with E-state index in [4.69, 9.17) is 10.5 Å². The lowest BCUT2D eigenvalue weighted by atomic mass is 9.81. The summed E-state index contributed by atoms with van der Waals surface area (Å²) in [5.74, 6) is 0.880. The Balaban J connectivity index is 2.05. The van der Waals surface area contributed by atoms with Crippen molar-refractivity contribution < 1.29 is 4.74 Å². The third-order valence-electron chi connectivity index (χ3n) is 5.13. The molecule has 2 fully saturated rings. The van der Waals surface area contributed by atoms with Crippen LogP contribution in [0.4, 0.5) is 0 Å². The number of rotatable bonds is 4. The number of piperidine rings is 1. The first-order chi connectivity index (χ1) is 8.74. The van der Waals surface area contributed by atoms with Crippen molar-refractivity contribution in [2.24, 2.45) is 11.7 Å². The van der Waals surface area contributed by atoms with E-state index in [1.165, 1.54) is 32.4 Å². The first kappa shape index (κ1) is 14.3. The zero-order chi connectivity index (χ0) is 13.0. The van der Waals surface area contributed by atoms with Crippen molar-refractivity contribution in [3.05, 3.63) is 0 Å². The average molecular weight is 254 g/mol. The Morgan fingerprint density at radius 3 is 2.83 bits per heavy atom. The van der Waals surface area contributed by atoms with Crippen molar-refractivity contribution in [3.8, 4) is 0 Å². The average Bonchev–Trinajstić information content (AvgIpc) is 2.47. The third kappa shape index (κ3) is 2.89. The quantitative estimate of drug-likeness (QED) is 0.837. The fourth-order valence-corrected chi connectivity index (χ4v) is 3.69. The molecule has 0 aromatic carbocycles. The van der Waals surface area contributed by atoms with Gasteiger partial charge in [0.2, 0.25) is 0 Å². The summed E-state index contributed by atoms with van der Waals surface area (Å²) in [6, 6.07) is 0.